The molecular weight excluding hydrogens is 192 g/mol. The third kappa shape index (κ3) is 5.14. The van der Waals surface area contributed by atoms with E-state index >= 15 is 0 Å². The van der Waals surface area contributed by atoms with E-state index in [1.165, 1.54) is 0 Å². The van der Waals surface area contributed by atoms with E-state index < -0.39 is 0 Å². The van der Waals surface area contributed by atoms with E-state index in [4.69, 9.17) is 4.74 Å². The van der Waals surface area contributed by atoms with Crippen LogP contribution in [0.15, 0.2) is 0 Å². The van der Waals surface area contributed by atoms with E-state index in [1.807, 2.05) is 0 Å². The molecule has 4 nitrogen and oxygen atoms in total. The van der Waals surface area contributed by atoms with Crippen molar-refractivity contribution in [3.8, 4) is 0 Å². The van der Waals surface area contributed by atoms with E-state index in [0.717, 1.165) is 51.9 Å². The molecule has 1 heterocycles. The lowest BCUT2D eigenvalue weighted by molar-refractivity contribution is -0.135. The third-order valence-electron chi connectivity index (χ3n) is 2.55. The second-order valence-electron chi connectivity index (χ2n) is 3.85. The first-order valence-electron chi connectivity index (χ1n) is 5.94. The lowest BCUT2D eigenvalue weighted by Gasteiger charge is -2.21. The van der Waals surface area contributed by atoms with Gasteiger partial charge in [-0.15, -0.1) is 0 Å². The van der Waals surface area contributed by atoms with Gasteiger partial charge in [0.15, 0.2) is 0 Å². The number of hydrogen-bond acceptors (Lipinski definition) is 3. The predicted molar refractivity (Wildman–Crippen MR) is 59.8 cm³/mol. The summed E-state index contributed by atoms with van der Waals surface area (Å²) in [6, 6.07) is 0. The Bertz CT molecular complexity index is 179. The number of amides is 1. The molecule has 4 heteroatoms. The number of carbonyl (C=O) groups is 1. The molecule has 0 aliphatic carbocycles. The van der Waals surface area contributed by atoms with E-state index in [0.29, 0.717) is 0 Å². The van der Waals surface area contributed by atoms with Crippen LogP contribution in [-0.4, -0.2) is 38.3 Å². The Labute approximate surface area is 91.8 Å². The largest absolute Gasteiger partial charge is 0.368 e. The van der Waals surface area contributed by atoms with Crippen LogP contribution in [0.1, 0.15) is 32.6 Å². The molecule has 1 aliphatic rings. The first-order valence-corrected chi connectivity index (χ1v) is 5.94. The topological polar surface area (TPSA) is 50.4 Å². The maximum atomic E-state index is 11.6. The summed E-state index contributed by atoms with van der Waals surface area (Å²) in [5.41, 5.74) is 0. The summed E-state index contributed by atoms with van der Waals surface area (Å²) >= 11 is 0. The maximum absolute atomic E-state index is 11.6. The molecule has 1 atom stereocenters. The molecule has 1 amide bonds. The standard InChI is InChI=1S/C11H22N2O2/c1-2-12-7-5-8-13-11(14)10-6-3-4-9-15-10/h10,12H,2-9H2,1H3,(H,13,14). The van der Waals surface area contributed by atoms with Crippen LogP contribution in [0, 0.1) is 0 Å². The maximum Gasteiger partial charge on any atom is 0.249 e. The highest BCUT2D eigenvalue weighted by Crippen LogP contribution is 2.12. The zero-order valence-corrected chi connectivity index (χ0v) is 9.55. The fraction of sp³-hybridized carbons (Fsp3) is 0.909. The molecule has 0 aromatic heterocycles. The normalized spacial score (nSPS) is 21.3. The molecule has 88 valence electrons. The van der Waals surface area contributed by atoms with Crippen molar-refractivity contribution in [3.63, 3.8) is 0 Å². The Balaban J connectivity index is 2.02. The number of rotatable bonds is 6. The van der Waals surface area contributed by atoms with Crippen molar-refractivity contribution in [2.45, 2.75) is 38.7 Å². The number of nitrogens with one attached hydrogen (secondary N) is 2. The van der Waals surface area contributed by atoms with Crippen LogP contribution in [0.2, 0.25) is 0 Å². The second-order valence-corrected chi connectivity index (χ2v) is 3.85. The minimum atomic E-state index is -0.196. The summed E-state index contributed by atoms with van der Waals surface area (Å²) in [6.07, 6.45) is 3.85. The summed E-state index contributed by atoms with van der Waals surface area (Å²) in [6.45, 7) is 5.50. The zero-order chi connectivity index (χ0) is 10.9. The Morgan fingerprint density at radius 2 is 2.27 bits per heavy atom. The fourth-order valence-electron chi connectivity index (χ4n) is 1.66. The van der Waals surface area contributed by atoms with Crippen LogP contribution < -0.4 is 10.6 Å². The van der Waals surface area contributed by atoms with Gasteiger partial charge in [-0.1, -0.05) is 6.92 Å². The Kier molecular flexibility index (Phi) is 6.36. The molecule has 0 spiro atoms. The van der Waals surface area contributed by atoms with Gasteiger partial charge in [-0.25, -0.2) is 0 Å². The van der Waals surface area contributed by atoms with Gasteiger partial charge in [0.05, 0.1) is 0 Å². The summed E-state index contributed by atoms with van der Waals surface area (Å²) in [5.74, 6) is 0.0613. The van der Waals surface area contributed by atoms with Crippen molar-refractivity contribution in [1.29, 1.82) is 0 Å². The molecule has 1 rings (SSSR count). The highest BCUT2D eigenvalue weighted by molar-refractivity contribution is 5.80. The van der Waals surface area contributed by atoms with Gasteiger partial charge in [0.2, 0.25) is 5.91 Å². The van der Waals surface area contributed by atoms with Crippen LogP contribution in [0.4, 0.5) is 0 Å². The highest BCUT2D eigenvalue weighted by atomic mass is 16.5. The van der Waals surface area contributed by atoms with Crippen LogP contribution in [-0.2, 0) is 9.53 Å². The van der Waals surface area contributed by atoms with Gasteiger partial charge in [-0.05, 0) is 38.8 Å². The van der Waals surface area contributed by atoms with Gasteiger partial charge in [0.1, 0.15) is 6.10 Å². The molecule has 0 saturated carbocycles. The SMILES string of the molecule is CCNCCCNC(=O)C1CCCCO1. The van der Waals surface area contributed by atoms with E-state index in [-0.39, 0.29) is 12.0 Å². The second kappa shape index (κ2) is 7.65. The molecule has 0 bridgehead atoms. The van der Waals surface area contributed by atoms with Gasteiger partial charge in [0.25, 0.3) is 0 Å². The number of hydrogen-bond donors (Lipinski definition) is 2. The zero-order valence-electron chi connectivity index (χ0n) is 9.55. The van der Waals surface area contributed by atoms with Crippen LogP contribution in [0.3, 0.4) is 0 Å². The molecule has 1 saturated heterocycles. The van der Waals surface area contributed by atoms with Crippen molar-refractivity contribution in [1.82, 2.24) is 10.6 Å². The first kappa shape index (κ1) is 12.5. The van der Waals surface area contributed by atoms with Gasteiger partial charge in [-0.2, -0.15) is 0 Å². The first-order chi connectivity index (χ1) is 7.34. The quantitative estimate of drug-likeness (QED) is 0.639. The Morgan fingerprint density at radius 3 is 2.93 bits per heavy atom. The van der Waals surface area contributed by atoms with Crippen molar-refractivity contribution >= 4 is 5.91 Å². The van der Waals surface area contributed by atoms with Crippen LogP contribution >= 0.6 is 0 Å². The molecule has 0 aromatic carbocycles. The molecule has 15 heavy (non-hydrogen) atoms. The lowest BCUT2D eigenvalue weighted by Crippen LogP contribution is -2.39. The van der Waals surface area contributed by atoms with Gasteiger partial charge in [-0.3, -0.25) is 4.79 Å². The average molecular weight is 214 g/mol. The van der Waals surface area contributed by atoms with Crippen molar-refractivity contribution < 1.29 is 9.53 Å². The van der Waals surface area contributed by atoms with Gasteiger partial charge >= 0.3 is 0 Å². The number of carbonyl (C=O) groups excluding carboxylic acids is 1. The Morgan fingerprint density at radius 1 is 1.40 bits per heavy atom. The molecule has 2 N–H and O–H groups in total. The van der Waals surface area contributed by atoms with Crippen molar-refractivity contribution in [2.75, 3.05) is 26.2 Å². The molecule has 0 radical (unpaired) electrons. The van der Waals surface area contributed by atoms with Gasteiger partial charge in [0, 0.05) is 13.2 Å². The summed E-state index contributed by atoms with van der Waals surface area (Å²) in [5, 5.41) is 6.13. The van der Waals surface area contributed by atoms with E-state index in [1.54, 1.807) is 0 Å². The van der Waals surface area contributed by atoms with E-state index in [2.05, 4.69) is 17.6 Å². The monoisotopic (exact) mass is 214 g/mol. The summed E-state index contributed by atoms with van der Waals surface area (Å²) < 4.78 is 5.39. The lowest BCUT2D eigenvalue weighted by atomic mass is 10.1. The number of ether oxygens (including phenoxy) is 1. The fourth-order valence-corrected chi connectivity index (χ4v) is 1.66. The third-order valence-corrected chi connectivity index (χ3v) is 2.55. The smallest absolute Gasteiger partial charge is 0.249 e. The summed E-state index contributed by atoms with van der Waals surface area (Å²) in [7, 11) is 0. The van der Waals surface area contributed by atoms with Gasteiger partial charge < -0.3 is 15.4 Å². The Hall–Kier alpha value is -0.610. The summed E-state index contributed by atoms with van der Waals surface area (Å²) in [4.78, 5) is 11.6. The molecular formula is C11H22N2O2. The minimum Gasteiger partial charge on any atom is -0.368 e. The van der Waals surface area contributed by atoms with E-state index in [9.17, 15) is 4.79 Å². The molecule has 1 fully saturated rings. The predicted octanol–water partition coefficient (Wildman–Crippen LogP) is 0.671. The van der Waals surface area contributed by atoms with Crippen LogP contribution in [0.25, 0.3) is 0 Å². The van der Waals surface area contributed by atoms with Crippen LogP contribution in [0.5, 0.6) is 0 Å². The minimum absolute atomic E-state index is 0.0613. The average Bonchev–Trinajstić information content (AvgIpc) is 2.30. The highest BCUT2D eigenvalue weighted by Gasteiger charge is 2.20. The molecule has 1 aliphatic heterocycles. The molecule has 0 aromatic rings. The van der Waals surface area contributed by atoms with Crippen molar-refractivity contribution in [3.05, 3.63) is 0 Å². The molecule has 1 unspecified atom stereocenters. The van der Waals surface area contributed by atoms with Crippen molar-refractivity contribution in [2.24, 2.45) is 0 Å².